The van der Waals surface area contributed by atoms with Crippen LogP contribution in [0.5, 0.6) is 0 Å². The number of carbonyl (C=O) groups excluding carboxylic acids is 4. The predicted octanol–water partition coefficient (Wildman–Crippen LogP) is 24.6. The first-order chi connectivity index (χ1) is 61.9. The van der Waals surface area contributed by atoms with Crippen LogP contribution in [0.1, 0.15) is 155 Å². The maximum absolute atomic E-state index is 11.3. The zero-order valence-corrected chi connectivity index (χ0v) is 71.8. The van der Waals surface area contributed by atoms with Gasteiger partial charge in [0.2, 0.25) is 0 Å². The molecule has 0 aliphatic rings. The van der Waals surface area contributed by atoms with Crippen LogP contribution in [0.2, 0.25) is 0 Å². The van der Waals surface area contributed by atoms with Gasteiger partial charge in [0.05, 0.1) is 86.7 Å². The molecule has 16 aromatic rings. The second-order valence-corrected chi connectivity index (χ2v) is 30.4. The lowest BCUT2D eigenvalue weighted by Gasteiger charge is -2.10. The Morgan fingerprint density at radius 1 is 0.266 bits per heavy atom. The summed E-state index contributed by atoms with van der Waals surface area (Å²) in [6.45, 7) is 13.4. The van der Waals surface area contributed by atoms with Gasteiger partial charge >= 0.3 is 23.9 Å². The van der Waals surface area contributed by atoms with Gasteiger partial charge in [0, 0.05) is 142 Å². The molecule has 0 aliphatic heterocycles. The van der Waals surface area contributed by atoms with E-state index in [1.54, 1.807) is 55.5 Å². The maximum atomic E-state index is 11.3. The van der Waals surface area contributed by atoms with Crippen LogP contribution in [0.25, 0.3) is 110 Å². The number of fused-ring (bicyclic) bond motifs is 12. The summed E-state index contributed by atoms with van der Waals surface area (Å²) < 4.78 is 8.35. The highest BCUT2D eigenvalue weighted by atomic mass is 16.7. The third-order valence-electron chi connectivity index (χ3n) is 21.6. The second kappa shape index (κ2) is 41.5. The molecule has 0 fully saturated rings. The van der Waals surface area contributed by atoms with E-state index in [9.17, 15) is 59.6 Å². The highest BCUT2D eigenvalue weighted by Gasteiger charge is 2.23. The second-order valence-electron chi connectivity index (χ2n) is 30.4. The number of nitrogens with zero attached hydrogens (tertiary/aromatic N) is 12. The first kappa shape index (κ1) is 89.7. The maximum Gasteiger partial charge on any atom is 0.331 e. The first-order valence-electron chi connectivity index (χ1n) is 42.0. The van der Waals surface area contributed by atoms with Crippen LogP contribution < -0.4 is 0 Å². The van der Waals surface area contributed by atoms with Crippen LogP contribution in [0.4, 0.5) is 22.7 Å². The molecule has 0 amide bonds. The Balaban J connectivity index is 0.000000146. The summed E-state index contributed by atoms with van der Waals surface area (Å²) in [5, 5.41) is 68.3. The predicted molar refractivity (Wildman–Crippen MR) is 501 cm³/mol. The molecule has 0 aliphatic carbocycles. The number of hydrogen-bond donors (Lipinski definition) is 0. The van der Waals surface area contributed by atoms with Crippen molar-refractivity contribution in [3.63, 3.8) is 0 Å². The number of para-hydroxylation sites is 4. The van der Waals surface area contributed by atoms with Crippen LogP contribution >= 0.6 is 0 Å². The van der Waals surface area contributed by atoms with Crippen LogP contribution in [-0.2, 0) is 38.5 Å². The van der Waals surface area contributed by atoms with E-state index >= 15 is 0 Å². The lowest BCUT2D eigenvalue weighted by molar-refractivity contribution is -0.384. The van der Waals surface area contributed by atoms with Crippen molar-refractivity contribution in [2.75, 3.05) is 0 Å². The molecule has 0 atom stereocenters. The van der Waals surface area contributed by atoms with Crippen LogP contribution in [-0.4, -0.2) is 84.7 Å². The van der Waals surface area contributed by atoms with Gasteiger partial charge in [0.1, 0.15) is 0 Å². The third-order valence-corrected chi connectivity index (χ3v) is 21.6. The van der Waals surface area contributed by atoms with Gasteiger partial charge in [0.15, 0.2) is 0 Å². The van der Waals surface area contributed by atoms with Gasteiger partial charge < -0.3 is 37.6 Å². The van der Waals surface area contributed by atoms with Gasteiger partial charge in [-0.05, 0) is 158 Å². The van der Waals surface area contributed by atoms with Crippen molar-refractivity contribution in [1.82, 2.24) is 18.3 Å². The Morgan fingerprint density at radius 3 is 0.766 bits per heavy atom. The average Bonchev–Trinajstić information content (AvgIpc) is 1.61. The largest absolute Gasteiger partial charge is 0.331 e. The molecular weight excluding hydrogens is 1630 g/mol. The molecule has 0 radical (unpaired) electrons. The summed E-state index contributed by atoms with van der Waals surface area (Å²) in [4.78, 5) is 108. The van der Waals surface area contributed by atoms with E-state index in [-0.39, 0.29) is 42.4 Å². The van der Waals surface area contributed by atoms with Gasteiger partial charge in [-0.25, -0.2) is 19.2 Å². The molecule has 12 aromatic carbocycles. The monoisotopic (exact) mass is 1720 g/mol. The smallest absolute Gasteiger partial charge is 0.318 e. The Hall–Kier alpha value is -16.0. The molecule has 0 saturated heterocycles. The van der Waals surface area contributed by atoms with E-state index in [1.165, 1.54) is 71.2 Å². The average molecular weight is 1720 g/mol. The highest BCUT2D eigenvalue weighted by molar-refractivity contribution is 6.14. The molecule has 4 heterocycles. The number of aromatic nitrogens is 4. The van der Waals surface area contributed by atoms with Crippen molar-refractivity contribution in [1.29, 1.82) is 0 Å². The highest BCUT2D eigenvalue weighted by Crippen LogP contribution is 2.40. The van der Waals surface area contributed by atoms with Crippen LogP contribution in [0.15, 0.2) is 288 Å². The summed E-state index contributed by atoms with van der Waals surface area (Å²) >= 11 is 0. The fourth-order valence-electron chi connectivity index (χ4n) is 15.6. The molecule has 16 rings (SSSR count). The van der Waals surface area contributed by atoms with Gasteiger partial charge in [0.25, 0.3) is 22.7 Å². The molecule has 0 spiro atoms. The molecule has 4 aromatic heterocycles. The fraction of sp³-hybridized carbons (Fsp3) is 0.200. The number of non-ortho nitro benzene ring substituents is 4. The molecule has 28 nitrogen and oxygen atoms in total. The number of nitro benzene ring substituents is 4. The summed E-state index contributed by atoms with van der Waals surface area (Å²) in [6, 6.07) is 82.5. The lowest BCUT2D eigenvalue weighted by atomic mass is 10.0. The molecule has 0 bridgehead atoms. The van der Waals surface area contributed by atoms with E-state index < -0.39 is 23.9 Å². The number of hydrogen-bond acceptors (Lipinski definition) is 20. The molecule has 28 heteroatoms. The van der Waals surface area contributed by atoms with Crippen molar-refractivity contribution in [2.45, 2.75) is 132 Å². The first-order valence-corrected chi connectivity index (χ1v) is 42.0. The van der Waals surface area contributed by atoms with Gasteiger partial charge in [-0.1, -0.05) is 208 Å². The van der Waals surface area contributed by atoms with Crippen molar-refractivity contribution >= 4 is 157 Å². The summed E-state index contributed by atoms with van der Waals surface area (Å²) in [7, 11) is 0. The Morgan fingerprint density at radius 2 is 0.500 bits per heavy atom. The van der Waals surface area contributed by atoms with Crippen molar-refractivity contribution in [3.05, 3.63) is 330 Å². The van der Waals surface area contributed by atoms with E-state index in [4.69, 9.17) is 19.4 Å². The Bertz CT molecular complexity index is 7020. The molecular formula is C100H92N12O16. The zero-order valence-electron chi connectivity index (χ0n) is 71.8. The minimum absolute atomic E-state index is 0.0630. The number of nitro groups is 4. The zero-order chi connectivity index (χ0) is 90.7. The summed E-state index contributed by atoms with van der Waals surface area (Å²) in [5.74, 6) is -1.81. The Labute approximate surface area is 734 Å². The summed E-state index contributed by atoms with van der Waals surface area (Å²) in [5.41, 5.74) is 17.7. The van der Waals surface area contributed by atoms with E-state index in [0.717, 1.165) is 195 Å². The molecule has 648 valence electrons. The summed E-state index contributed by atoms with van der Waals surface area (Å²) in [6.07, 6.45) is 11.8. The van der Waals surface area contributed by atoms with E-state index in [0.29, 0.717) is 17.8 Å². The van der Waals surface area contributed by atoms with Gasteiger partial charge in [-0.2, -0.15) is 0 Å². The Kier molecular flexibility index (Phi) is 29.1. The number of oxime groups is 4. The molecule has 128 heavy (non-hydrogen) atoms. The number of benzene rings is 12. The van der Waals surface area contributed by atoms with E-state index in [1.807, 2.05) is 201 Å². The van der Waals surface area contributed by atoms with Crippen molar-refractivity contribution in [2.24, 2.45) is 20.6 Å². The topological polar surface area (TPSA) is 347 Å². The minimum Gasteiger partial charge on any atom is -0.318 e. The third kappa shape index (κ3) is 20.7. The quantitative estimate of drug-likeness (QED) is 0.0144. The molecule has 0 unspecified atom stereocenters. The van der Waals surface area contributed by atoms with Crippen LogP contribution in [0.3, 0.4) is 0 Å². The van der Waals surface area contributed by atoms with Crippen molar-refractivity contribution < 1.29 is 58.2 Å². The number of rotatable bonds is 28. The SMILES string of the molecule is CC(=O)O/N=C(/C)c1ccc(-n2c3ccccc3c3cc([N+](=O)[O-])ccc32)cc1.CCC/C(=N/OC(C)=O)c1ccc(-n2c3ccccc3c3cc([N+](=O)[O-])ccc32)cc1.CCCCC/C(=N/OC(C)=O)c1ccc(-n2c3ccccc3c3cc([N+](=O)[O-])ccc32)cc1.CCCCCCC/C(=N/OC(C)=O)c1ccc(-n2c3ccccc3c3cc([N+](=O)[O-])ccc32)cc1. The number of unbranched alkanes of at least 4 members (excludes halogenated alkanes) is 6. The normalized spacial score (nSPS) is 11.8. The van der Waals surface area contributed by atoms with Crippen molar-refractivity contribution in [3.8, 4) is 22.7 Å². The number of carbonyl (C=O) groups is 4. The minimum atomic E-state index is -0.472. The molecule has 0 saturated carbocycles. The molecule has 0 N–H and O–H groups in total. The standard InChI is InChI=1S/C28H29N3O4.C26H25N3O4.C24H21N3O4.C22H17N3O4/c1-3-4-5-6-7-11-26(29-35-20(2)32)21-13-15-22(16-14-21)30-27-12-9-8-10-24(27)25-19-23(31(33)34)17-18-28(25)30;1-3-4-5-9-24(27-33-18(2)30)19-11-13-20(14-12-19)28-25-10-7-6-8-22(25)23-17-21(29(31)32)15-16-26(23)28;1-3-6-22(25-31-16(2)28)17-9-11-18(12-10-17)26-23-8-5-4-7-20(23)21-15-19(27(29)30)13-14-24(21)26;1-14(23-29-15(2)26)16-7-9-17(10-8-16)24-21-6-4-3-5-19(21)20-13-18(25(27)28)11-12-22(20)24/h8-10,12-19H,3-7,11H2,1-2H3;6-8,10-17H,3-5,9H2,1-2H3;4-5,7-15H,3,6H2,1-2H3;3-13H,1-2H3/b29-26-;27-24-;25-22-;23-14-. The van der Waals surface area contributed by atoms with Crippen LogP contribution in [0, 0.1) is 40.5 Å². The lowest BCUT2D eigenvalue weighted by Crippen LogP contribution is -2.05. The van der Waals surface area contributed by atoms with Gasteiger partial charge in [-0.3, -0.25) is 40.5 Å². The van der Waals surface area contributed by atoms with Gasteiger partial charge in [-0.15, -0.1) is 0 Å². The van der Waals surface area contributed by atoms with E-state index in [2.05, 4.69) is 52.7 Å². The fourth-order valence-corrected chi connectivity index (χ4v) is 15.6.